The first-order valence-electron chi connectivity index (χ1n) is 7.27. The number of aryl methyl sites for hydroxylation is 1. The van der Waals surface area contributed by atoms with Crippen molar-refractivity contribution in [1.29, 1.82) is 0 Å². The maximum atomic E-state index is 5.68. The van der Waals surface area contributed by atoms with Crippen molar-refractivity contribution in [3.05, 3.63) is 22.8 Å². The van der Waals surface area contributed by atoms with E-state index in [1.807, 2.05) is 11.8 Å². The minimum atomic E-state index is 0.336. The number of benzene rings is 1. The van der Waals surface area contributed by atoms with Gasteiger partial charge in [0.2, 0.25) is 0 Å². The maximum Gasteiger partial charge on any atom is 0.165 e. The van der Waals surface area contributed by atoms with E-state index in [9.17, 15) is 0 Å². The van der Waals surface area contributed by atoms with Gasteiger partial charge in [-0.3, -0.25) is 0 Å². The molecule has 1 aliphatic rings. The van der Waals surface area contributed by atoms with E-state index in [0.29, 0.717) is 11.3 Å². The maximum absolute atomic E-state index is 5.68. The highest BCUT2D eigenvalue weighted by Crippen LogP contribution is 2.48. The van der Waals surface area contributed by atoms with Gasteiger partial charge >= 0.3 is 0 Å². The molecule has 0 aromatic heterocycles. The Morgan fingerprint density at radius 1 is 1.30 bits per heavy atom. The molecular formula is C16H25NO2S. The molecule has 20 heavy (non-hydrogen) atoms. The highest BCUT2D eigenvalue weighted by atomic mass is 32.2. The lowest BCUT2D eigenvalue weighted by Gasteiger charge is -2.35. The summed E-state index contributed by atoms with van der Waals surface area (Å²) in [6, 6.07) is 2.43. The van der Waals surface area contributed by atoms with E-state index < -0.39 is 0 Å². The largest absolute Gasteiger partial charge is 0.493 e. The van der Waals surface area contributed by atoms with Crippen LogP contribution in [0, 0.1) is 6.92 Å². The number of methoxy groups -OCH3 is 2. The summed E-state index contributed by atoms with van der Waals surface area (Å²) in [4.78, 5) is 0. The molecule has 0 saturated heterocycles. The number of ether oxygens (including phenoxy) is 2. The van der Waals surface area contributed by atoms with E-state index in [4.69, 9.17) is 9.47 Å². The van der Waals surface area contributed by atoms with Crippen LogP contribution in [-0.2, 0) is 5.75 Å². The molecule has 2 unspecified atom stereocenters. The summed E-state index contributed by atoms with van der Waals surface area (Å²) in [5.74, 6) is 2.80. The van der Waals surface area contributed by atoms with Crippen LogP contribution in [0.3, 0.4) is 0 Å². The van der Waals surface area contributed by atoms with Gasteiger partial charge in [-0.2, -0.15) is 11.8 Å². The van der Waals surface area contributed by atoms with E-state index in [0.717, 1.165) is 30.2 Å². The molecular weight excluding hydrogens is 270 g/mol. The van der Waals surface area contributed by atoms with Gasteiger partial charge in [-0.25, -0.2) is 0 Å². The Hall–Kier alpha value is -0.870. The SMILES string of the molecule is CCNC1c2c(c(C)cc(OC)c2OC)CSC1CC. The first-order valence-corrected chi connectivity index (χ1v) is 8.32. The lowest BCUT2D eigenvalue weighted by molar-refractivity contribution is 0.344. The Bertz CT molecular complexity index is 476. The number of thioether (sulfide) groups is 1. The lowest BCUT2D eigenvalue weighted by atomic mass is 9.92. The predicted molar refractivity (Wildman–Crippen MR) is 86.1 cm³/mol. The molecule has 3 nitrogen and oxygen atoms in total. The van der Waals surface area contributed by atoms with Crippen molar-refractivity contribution >= 4 is 11.8 Å². The molecule has 112 valence electrons. The van der Waals surface area contributed by atoms with Gasteiger partial charge < -0.3 is 14.8 Å². The fraction of sp³-hybridized carbons (Fsp3) is 0.625. The third-order valence-corrected chi connectivity index (χ3v) is 5.48. The van der Waals surface area contributed by atoms with Crippen LogP contribution in [0.15, 0.2) is 6.07 Å². The van der Waals surface area contributed by atoms with Gasteiger partial charge in [0.1, 0.15) is 0 Å². The van der Waals surface area contributed by atoms with E-state index in [-0.39, 0.29) is 0 Å². The summed E-state index contributed by atoms with van der Waals surface area (Å²) in [5, 5.41) is 4.22. The Morgan fingerprint density at radius 3 is 2.60 bits per heavy atom. The Morgan fingerprint density at radius 2 is 2.05 bits per heavy atom. The highest BCUT2D eigenvalue weighted by molar-refractivity contribution is 7.99. The van der Waals surface area contributed by atoms with Gasteiger partial charge in [-0.1, -0.05) is 13.8 Å². The van der Waals surface area contributed by atoms with Crippen LogP contribution in [0.2, 0.25) is 0 Å². The zero-order valence-corrected chi connectivity index (χ0v) is 13.9. The number of nitrogens with one attached hydrogen (secondary N) is 1. The molecule has 0 spiro atoms. The minimum Gasteiger partial charge on any atom is -0.493 e. The summed E-state index contributed by atoms with van der Waals surface area (Å²) in [6.45, 7) is 7.54. The van der Waals surface area contributed by atoms with Crippen molar-refractivity contribution in [3.8, 4) is 11.5 Å². The van der Waals surface area contributed by atoms with Crippen molar-refractivity contribution in [2.45, 2.75) is 44.2 Å². The normalized spacial score (nSPS) is 21.4. The molecule has 1 N–H and O–H groups in total. The van der Waals surface area contributed by atoms with E-state index in [1.165, 1.54) is 16.7 Å². The molecule has 4 heteroatoms. The molecule has 2 atom stereocenters. The lowest BCUT2D eigenvalue weighted by Crippen LogP contribution is -2.34. The smallest absolute Gasteiger partial charge is 0.165 e. The van der Waals surface area contributed by atoms with Crippen molar-refractivity contribution in [3.63, 3.8) is 0 Å². The fourth-order valence-corrected chi connectivity index (χ4v) is 4.42. The third-order valence-electron chi connectivity index (χ3n) is 3.99. The van der Waals surface area contributed by atoms with Gasteiger partial charge in [0.25, 0.3) is 0 Å². The van der Waals surface area contributed by atoms with Crippen LogP contribution >= 0.6 is 11.8 Å². The molecule has 1 heterocycles. The van der Waals surface area contributed by atoms with E-state index in [1.54, 1.807) is 14.2 Å². The van der Waals surface area contributed by atoms with Crippen molar-refractivity contribution in [2.75, 3.05) is 20.8 Å². The molecule has 1 aromatic carbocycles. The average molecular weight is 295 g/mol. The van der Waals surface area contributed by atoms with Gasteiger partial charge in [-0.15, -0.1) is 0 Å². The predicted octanol–water partition coefficient (Wildman–Crippen LogP) is 3.69. The number of hydrogen-bond acceptors (Lipinski definition) is 4. The third kappa shape index (κ3) is 2.63. The van der Waals surface area contributed by atoms with Crippen LogP contribution in [0.25, 0.3) is 0 Å². The number of fused-ring (bicyclic) bond motifs is 1. The first kappa shape index (κ1) is 15.5. The molecule has 2 rings (SSSR count). The van der Waals surface area contributed by atoms with Crippen LogP contribution in [0.5, 0.6) is 11.5 Å². The topological polar surface area (TPSA) is 30.5 Å². The molecule has 0 radical (unpaired) electrons. The Balaban J connectivity index is 2.60. The number of rotatable bonds is 5. The molecule has 0 aliphatic carbocycles. The average Bonchev–Trinajstić information content (AvgIpc) is 2.47. The molecule has 0 fully saturated rings. The summed E-state index contributed by atoms with van der Waals surface area (Å²) in [7, 11) is 3.44. The van der Waals surface area contributed by atoms with Gasteiger partial charge in [0, 0.05) is 22.6 Å². The second-order valence-corrected chi connectivity index (χ2v) is 6.34. The van der Waals surface area contributed by atoms with E-state index >= 15 is 0 Å². The summed E-state index contributed by atoms with van der Waals surface area (Å²) in [6.07, 6.45) is 1.15. The molecule has 0 amide bonds. The second-order valence-electron chi connectivity index (χ2n) is 5.11. The van der Waals surface area contributed by atoms with Crippen LogP contribution in [0.4, 0.5) is 0 Å². The zero-order valence-electron chi connectivity index (χ0n) is 13.1. The molecule has 0 saturated carbocycles. The Kier molecular flexibility index (Phi) is 5.22. The second kappa shape index (κ2) is 6.72. The highest BCUT2D eigenvalue weighted by Gasteiger charge is 2.33. The van der Waals surface area contributed by atoms with Crippen LogP contribution in [-0.4, -0.2) is 26.0 Å². The quantitative estimate of drug-likeness (QED) is 0.897. The van der Waals surface area contributed by atoms with Gasteiger partial charge in [0.15, 0.2) is 11.5 Å². The van der Waals surface area contributed by atoms with Crippen molar-refractivity contribution in [1.82, 2.24) is 5.32 Å². The molecule has 1 aliphatic heterocycles. The molecule has 0 bridgehead atoms. The monoisotopic (exact) mass is 295 g/mol. The van der Waals surface area contributed by atoms with Crippen LogP contribution in [0.1, 0.15) is 43.0 Å². The summed E-state index contributed by atoms with van der Waals surface area (Å²) >= 11 is 2.04. The summed E-state index contributed by atoms with van der Waals surface area (Å²) < 4.78 is 11.2. The minimum absolute atomic E-state index is 0.336. The van der Waals surface area contributed by atoms with Crippen molar-refractivity contribution < 1.29 is 9.47 Å². The first-order chi connectivity index (χ1) is 9.67. The zero-order chi connectivity index (χ0) is 14.7. The fourth-order valence-electron chi connectivity index (χ4n) is 2.99. The summed E-state index contributed by atoms with van der Waals surface area (Å²) in [5.41, 5.74) is 4.00. The van der Waals surface area contributed by atoms with Crippen molar-refractivity contribution in [2.24, 2.45) is 0 Å². The van der Waals surface area contributed by atoms with E-state index in [2.05, 4.69) is 32.2 Å². The molecule has 1 aromatic rings. The number of hydrogen-bond donors (Lipinski definition) is 1. The van der Waals surface area contributed by atoms with Crippen LogP contribution < -0.4 is 14.8 Å². The van der Waals surface area contributed by atoms with Gasteiger partial charge in [-0.05, 0) is 37.1 Å². The Labute approximate surface area is 126 Å². The standard InChI is InChI=1S/C16H25NO2S/c1-6-13-15(17-7-2)14-11(9-20-13)10(3)8-12(18-4)16(14)19-5/h8,13,15,17H,6-7,9H2,1-5H3. The van der Waals surface area contributed by atoms with Gasteiger partial charge in [0.05, 0.1) is 14.2 Å².